The van der Waals surface area contributed by atoms with Gasteiger partial charge in [-0.1, -0.05) is 66.0 Å². The summed E-state index contributed by atoms with van der Waals surface area (Å²) in [6, 6.07) is 22.8. The van der Waals surface area contributed by atoms with Gasteiger partial charge in [0.2, 0.25) is 0 Å². The molecular weight excluding hydrogens is 508 g/mol. The smallest absolute Gasteiger partial charge is 0.280 e. The highest BCUT2D eigenvalue weighted by Crippen LogP contribution is 2.23. The monoisotopic (exact) mass is 538 g/mol. The van der Waals surface area contributed by atoms with Crippen molar-refractivity contribution in [2.45, 2.75) is 45.8 Å². The van der Waals surface area contributed by atoms with E-state index >= 15 is 0 Å². The second-order valence-electron chi connectivity index (χ2n) is 7.98. The van der Waals surface area contributed by atoms with E-state index in [-0.39, 0.29) is 5.91 Å². The Bertz CT molecular complexity index is 1090. The molecule has 0 radical (unpaired) electrons. The van der Waals surface area contributed by atoms with Crippen LogP contribution in [0.15, 0.2) is 82.4 Å². The van der Waals surface area contributed by atoms with Gasteiger partial charge in [-0.15, -0.1) is 0 Å². The topological polar surface area (TPSA) is 69.2 Å². The number of ether oxygens (including phenoxy) is 3. The fourth-order valence-corrected chi connectivity index (χ4v) is 3.54. The summed E-state index contributed by atoms with van der Waals surface area (Å²) in [7, 11) is 0. The van der Waals surface area contributed by atoms with Gasteiger partial charge in [0.1, 0.15) is 23.9 Å². The van der Waals surface area contributed by atoms with Gasteiger partial charge in [0.15, 0.2) is 6.10 Å². The molecule has 3 rings (SSSR count). The first-order chi connectivity index (χ1) is 17.0. The first-order valence-corrected chi connectivity index (χ1v) is 12.5. The molecule has 1 atom stereocenters. The van der Waals surface area contributed by atoms with E-state index in [2.05, 4.69) is 33.4 Å². The SMILES string of the molecule is CCCCCOc1ccc(O[C@@H](C)C(=O)N/N=C\c2cc(Br)ccc2OCc2ccccc2)cc1. The Morgan fingerprint density at radius 3 is 2.49 bits per heavy atom. The lowest BCUT2D eigenvalue weighted by atomic mass is 10.2. The van der Waals surface area contributed by atoms with Gasteiger partial charge in [-0.05, 0) is 61.4 Å². The molecule has 1 N–H and O–H groups in total. The molecule has 0 heterocycles. The number of rotatable bonds is 13. The van der Waals surface area contributed by atoms with Crippen LogP contribution in [0.4, 0.5) is 0 Å². The Kier molecular flexibility index (Phi) is 10.6. The summed E-state index contributed by atoms with van der Waals surface area (Å²) in [5.74, 6) is 1.68. The van der Waals surface area contributed by atoms with Crippen LogP contribution < -0.4 is 19.6 Å². The van der Waals surface area contributed by atoms with Crippen molar-refractivity contribution < 1.29 is 19.0 Å². The van der Waals surface area contributed by atoms with Crippen LogP contribution in [0.3, 0.4) is 0 Å². The minimum atomic E-state index is -0.722. The summed E-state index contributed by atoms with van der Waals surface area (Å²) < 4.78 is 18.3. The summed E-state index contributed by atoms with van der Waals surface area (Å²) in [4.78, 5) is 12.5. The van der Waals surface area contributed by atoms with Crippen molar-refractivity contribution in [1.29, 1.82) is 0 Å². The Morgan fingerprint density at radius 1 is 1.00 bits per heavy atom. The Hall–Kier alpha value is -3.32. The number of halogens is 1. The molecule has 0 aliphatic carbocycles. The molecule has 0 saturated heterocycles. The van der Waals surface area contributed by atoms with Crippen LogP contribution in [0.1, 0.15) is 44.2 Å². The van der Waals surface area contributed by atoms with Crippen molar-refractivity contribution in [3.05, 3.63) is 88.4 Å². The molecule has 35 heavy (non-hydrogen) atoms. The van der Waals surface area contributed by atoms with Gasteiger partial charge in [0.05, 0.1) is 12.8 Å². The molecule has 1 amide bonds. The second kappa shape index (κ2) is 14.2. The van der Waals surface area contributed by atoms with E-state index in [0.29, 0.717) is 24.7 Å². The number of carbonyl (C=O) groups excluding carboxylic acids is 1. The molecular formula is C28H31BrN2O4. The maximum absolute atomic E-state index is 12.5. The van der Waals surface area contributed by atoms with Gasteiger partial charge < -0.3 is 14.2 Å². The number of unbranched alkanes of at least 4 members (excludes halogenated alkanes) is 2. The summed E-state index contributed by atoms with van der Waals surface area (Å²) in [5.41, 5.74) is 4.33. The molecule has 6 nitrogen and oxygen atoms in total. The number of nitrogens with zero attached hydrogens (tertiary/aromatic N) is 1. The maximum Gasteiger partial charge on any atom is 0.280 e. The predicted octanol–water partition coefficient (Wildman–Crippen LogP) is 6.51. The van der Waals surface area contributed by atoms with Crippen LogP contribution in [0.2, 0.25) is 0 Å². The zero-order valence-corrected chi connectivity index (χ0v) is 21.7. The zero-order valence-electron chi connectivity index (χ0n) is 20.1. The lowest BCUT2D eigenvalue weighted by Gasteiger charge is -2.14. The van der Waals surface area contributed by atoms with Crippen molar-refractivity contribution in [2.75, 3.05) is 6.61 Å². The number of carbonyl (C=O) groups is 1. The van der Waals surface area contributed by atoms with Gasteiger partial charge in [-0.2, -0.15) is 5.10 Å². The van der Waals surface area contributed by atoms with Crippen LogP contribution in [-0.4, -0.2) is 24.8 Å². The lowest BCUT2D eigenvalue weighted by molar-refractivity contribution is -0.127. The fraction of sp³-hybridized carbons (Fsp3) is 0.286. The number of amides is 1. The predicted molar refractivity (Wildman–Crippen MR) is 142 cm³/mol. The largest absolute Gasteiger partial charge is 0.494 e. The molecule has 0 spiro atoms. The van der Waals surface area contributed by atoms with Crippen molar-refractivity contribution in [2.24, 2.45) is 5.10 Å². The Morgan fingerprint density at radius 2 is 1.74 bits per heavy atom. The number of benzene rings is 3. The summed E-state index contributed by atoms with van der Waals surface area (Å²) >= 11 is 3.47. The highest BCUT2D eigenvalue weighted by atomic mass is 79.9. The number of hydrazone groups is 1. The molecule has 0 aliphatic rings. The molecule has 3 aromatic rings. The van der Waals surface area contributed by atoms with E-state index < -0.39 is 6.10 Å². The number of hydrogen-bond donors (Lipinski definition) is 1. The van der Waals surface area contributed by atoms with Crippen molar-refractivity contribution in [3.8, 4) is 17.2 Å². The van der Waals surface area contributed by atoms with E-state index in [1.54, 1.807) is 25.3 Å². The minimum absolute atomic E-state index is 0.358. The van der Waals surface area contributed by atoms with Crippen LogP contribution in [0.25, 0.3) is 0 Å². The van der Waals surface area contributed by atoms with E-state index in [1.165, 1.54) is 0 Å². The Balaban J connectivity index is 1.50. The standard InChI is InChI=1S/C28H31BrN2O4/c1-3-4-8-17-33-25-12-14-26(15-13-25)35-21(2)28(32)31-30-19-23-18-24(29)11-16-27(23)34-20-22-9-6-5-7-10-22/h5-7,9-16,18-19,21H,3-4,8,17,20H2,1-2H3,(H,31,32)/b30-19-/t21-/m0/s1. The number of nitrogens with one attached hydrogen (secondary N) is 1. The van der Waals surface area contributed by atoms with Crippen molar-refractivity contribution in [1.82, 2.24) is 5.43 Å². The van der Waals surface area contributed by atoms with E-state index in [4.69, 9.17) is 14.2 Å². The summed E-state index contributed by atoms with van der Waals surface area (Å²) in [5, 5.41) is 4.10. The highest BCUT2D eigenvalue weighted by molar-refractivity contribution is 9.10. The Labute approximate surface area is 215 Å². The third-order valence-corrected chi connectivity index (χ3v) is 5.60. The quantitative estimate of drug-likeness (QED) is 0.153. The third kappa shape index (κ3) is 9.09. The average molecular weight is 539 g/mol. The number of hydrogen-bond acceptors (Lipinski definition) is 5. The van der Waals surface area contributed by atoms with Crippen LogP contribution in [0, 0.1) is 0 Å². The zero-order chi connectivity index (χ0) is 24.9. The van der Waals surface area contributed by atoms with Gasteiger partial charge in [0, 0.05) is 10.0 Å². The summed E-state index contributed by atoms with van der Waals surface area (Å²) in [6.07, 6.45) is 4.18. The van der Waals surface area contributed by atoms with Crippen LogP contribution >= 0.6 is 15.9 Å². The molecule has 7 heteroatoms. The molecule has 184 valence electrons. The molecule has 3 aromatic carbocycles. The van der Waals surface area contributed by atoms with Gasteiger partial charge >= 0.3 is 0 Å². The lowest BCUT2D eigenvalue weighted by Crippen LogP contribution is -2.33. The van der Waals surface area contributed by atoms with Gasteiger partial charge in [-0.25, -0.2) is 5.43 Å². The summed E-state index contributed by atoms with van der Waals surface area (Å²) in [6.45, 7) is 4.97. The molecule has 0 aromatic heterocycles. The highest BCUT2D eigenvalue weighted by Gasteiger charge is 2.14. The first-order valence-electron chi connectivity index (χ1n) is 11.7. The van der Waals surface area contributed by atoms with Crippen LogP contribution in [-0.2, 0) is 11.4 Å². The maximum atomic E-state index is 12.5. The van der Waals surface area contributed by atoms with Gasteiger partial charge in [-0.3, -0.25) is 4.79 Å². The molecule has 0 unspecified atom stereocenters. The third-order valence-electron chi connectivity index (χ3n) is 5.11. The van der Waals surface area contributed by atoms with Crippen LogP contribution in [0.5, 0.6) is 17.2 Å². The minimum Gasteiger partial charge on any atom is -0.494 e. The van der Waals surface area contributed by atoms with E-state index in [9.17, 15) is 4.79 Å². The normalized spacial score (nSPS) is 11.7. The fourth-order valence-electron chi connectivity index (χ4n) is 3.16. The molecule has 0 saturated carbocycles. The first kappa shape index (κ1) is 26.3. The van der Waals surface area contributed by atoms with Gasteiger partial charge in [0.25, 0.3) is 5.91 Å². The second-order valence-corrected chi connectivity index (χ2v) is 8.89. The van der Waals surface area contributed by atoms with E-state index in [1.807, 2.05) is 60.7 Å². The van der Waals surface area contributed by atoms with Crippen molar-refractivity contribution >= 4 is 28.1 Å². The van der Waals surface area contributed by atoms with E-state index in [0.717, 1.165) is 40.6 Å². The molecule has 0 fully saturated rings. The molecule has 0 bridgehead atoms. The average Bonchev–Trinajstić information content (AvgIpc) is 2.87. The van der Waals surface area contributed by atoms with Crippen molar-refractivity contribution in [3.63, 3.8) is 0 Å². The molecule has 0 aliphatic heterocycles.